The molecule has 7 heteroatoms. The number of thiazole rings is 1. The van der Waals surface area contributed by atoms with Crippen LogP contribution in [-0.4, -0.2) is 22.7 Å². The van der Waals surface area contributed by atoms with E-state index in [9.17, 15) is 9.90 Å². The van der Waals surface area contributed by atoms with Crippen molar-refractivity contribution in [2.24, 2.45) is 5.92 Å². The molecule has 2 aromatic heterocycles. The molecule has 1 saturated carbocycles. The van der Waals surface area contributed by atoms with Crippen molar-refractivity contribution in [3.05, 3.63) is 39.7 Å². The topological polar surface area (TPSA) is 87.4 Å². The van der Waals surface area contributed by atoms with Crippen LogP contribution in [0.5, 0.6) is 0 Å². The maximum Gasteiger partial charge on any atom is 0.315 e. The van der Waals surface area contributed by atoms with E-state index >= 15 is 0 Å². The highest BCUT2D eigenvalue weighted by molar-refractivity contribution is 7.09. The minimum atomic E-state index is -1.25. The fourth-order valence-electron chi connectivity index (χ4n) is 2.58. The molecule has 1 aliphatic rings. The van der Waals surface area contributed by atoms with Crippen LogP contribution >= 0.6 is 11.3 Å². The molecule has 0 spiro atoms. The van der Waals surface area contributed by atoms with Gasteiger partial charge in [-0.1, -0.05) is 0 Å². The Morgan fingerprint density at radius 3 is 2.79 bits per heavy atom. The molecular weight excluding hydrogens is 326 g/mol. The van der Waals surface area contributed by atoms with Crippen LogP contribution in [0.2, 0.25) is 0 Å². The number of nitrogens with one attached hydrogen (secondary N) is 2. The first-order chi connectivity index (χ1) is 11.3. The van der Waals surface area contributed by atoms with Crippen molar-refractivity contribution in [2.45, 2.75) is 45.3 Å². The second kappa shape index (κ2) is 6.57. The molecule has 0 aromatic carbocycles. The third kappa shape index (κ3) is 3.96. The molecule has 0 saturated heterocycles. The normalized spacial score (nSPS) is 18.0. The first kappa shape index (κ1) is 17.0. The van der Waals surface area contributed by atoms with Gasteiger partial charge in [0.25, 0.3) is 0 Å². The molecule has 2 aromatic rings. The lowest BCUT2D eigenvalue weighted by molar-refractivity contribution is 0.0358. The number of carbonyl (C=O) groups is 1. The van der Waals surface area contributed by atoms with Gasteiger partial charge < -0.3 is 20.2 Å². The van der Waals surface area contributed by atoms with E-state index < -0.39 is 5.60 Å². The van der Waals surface area contributed by atoms with Gasteiger partial charge in [-0.2, -0.15) is 0 Å². The lowest BCUT2D eigenvalue weighted by Crippen LogP contribution is -2.44. The minimum absolute atomic E-state index is 0.0560. The predicted octanol–water partition coefficient (Wildman–Crippen LogP) is 3.01. The summed E-state index contributed by atoms with van der Waals surface area (Å²) in [5, 5.41) is 19.1. The van der Waals surface area contributed by atoms with Crippen LogP contribution in [0.25, 0.3) is 0 Å². The van der Waals surface area contributed by atoms with Crippen LogP contribution in [0.4, 0.5) is 4.79 Å². The Bertz CT molecular complexity index is 718. The number of rotatable bonds is 6. The molecule has 6 nitrogen and oxygen atoms in total. The molecule has 3 rings (SSSR count). The second-order valence-electron chi connectivity index (χ2n) is 6.65. The molecule has 0 aliphatic heterocycles. The highest BCUT2D eigenvalue weighted by atomic mass is 32.1. The zero-order chi connectivity index (χ0) is 17.3. The number of hydrogen-bond acceptors (Lipinski definition) is 5. The van der Waals surface area contributed by atoms with Crippen LogP contribution < -0.4 is 10.6 Å². The minimum Gasteiger partial charge on any atom is -0.463 e. The largest absolute Gasteiger partial charge is 0.463 e. The van der Waals surface area contributed by atoms with E-state index in [-0.39, 0.29) is 18.6 Å². The number of nitrogens with zero attached hydrogens (tertiary/aromatic N) is 1. The maximum absolute atomic E-state index is 12.3. The number of amides is 2. The van der Waals surface area contributed by atoms with E-state index in [0.717, 1.165) is 29.3 Å². The van der Waals surface area contributed by atoms with Crippen molar-refractivity contribution in [1.29, 1.82) is 0 Å². The van der Waals surface area contributed by atoms with Crippen LogP contribution in [-0.2, 0) is 5.60 Å². The number of aliphatic hydroxyl groups is 1. The Kier molecular flexibility index (Phi) is 4.64. The van der Waals surface area contributed by atoms with E-state index in [4.69, 9.17) is 4.42 Å². The van der Waals surface area contributed by atoms with E-state index in [1.54, 1.807) is 30.4 Å². The average molecular weight is 349 g/mol. The number of aryl methyl sites for hydroxylation is 2. The molecule has 1 aliphatic carbocycles. The molecule has 130 valence electrons. The fraction of sp³-hybridized carbons (Fsp3) is 0.529. The molecule has 3 N–H and O–H groups in total. The number of aromatic nitrogens is 1. The number of carbonyl (C=O) groups excluding carboxylic acids is 1. The van der Waals surface area contributed by atoms with Crippen molar-refractivity contribution >= 4 is 17.4 Å². The molecular formula is C17H23N3O3S. The molecule has 2 heterocycles. The summed E-state index contributed by atoms with van der Waals surface area (Å²) in [6, 6.07) is 3.15. The zero-order valence-corrected chi connectivity index (χ0v) is 14.9. The first-order valence-electron chi connectivity index (χ1n) is 8.11. The molecule has 2 atom stereocenters. The summed E-state index contributed by atoms with van der Waals surface area (Å²) in [7, 11) is 0. The van der Waals surface area contributed by atoms with Crippen molar-refractivity contribution in [2.75, 3.05) is 6.54 Å². The highest BCUT2D eigenvalue weighted by Crippen LogP contribution is 2.41. The maximum atomic E-state index is 12.3. The third-order valence-corrected chi connectivity index (χ3v) is 5.19. The quantitative estimate of drug-likeness (QED) is 0.748. The predicted molar refractivity (Wildman–Crippen MR) is 91.9 cm³/mol. The van der Waals surface area contributed by atoms with Gasteiger partial charge >= 0.3 is 6.03 Å². The Labute approximate surface area is 145 Å². The molecule has 2 unspecified atom stereocenters. The van der Waals surface area contributed by atoms with Gasteiger partial charge in [-0.15, -0.1) is 11.3 Å². The third-order valence-electron chi connectivity index (χ3n) is 4.15. The van der Waals surface area contributed by atoms with Gasteiger partial charge in [-0.25, -0.2) is 9.78 Å². The standard InChI is InChI=1S/C17H23N3O3S/c1-10-8-24-15(19-10)14(12-5-6-12)20-16(21)18-9-17(3,22)13-7-4-11(2)23-13/h4,7-8,12,14,22H,5-6,9H2,1-3H3,(H2,18,20,21). The average Bonchev–Trinajstić information content (AvgIpc) is 3.12. The summed E-state index contributed by atoms with van der Waals surface area (Å²) in [5.74, 6) is 1.62. The van der Waals surface area contributed by atoms with Crippen LogP contribution in [0.3, 0.4) is 0 Å². The van der Waals surface area contributed by atoms with Crippen molar-refractivity contribution < 1.29 is 14.3 Å². The van der Waals surface area contributed by atoms with E-state index in [2.05, 4.69) is 15.6 Å². The van der Waals surface area contributed by atoms with E-state index in [1.807, 2.05) is 19.2 Å². The highest BCUT2D eigenvalue weighted by Gasteiger charge is 2.35. The summed E-state index contributed by atoms with van der Waals surface area (Å²) >= 11 is 1.57. The summed E-state index contributed by atoms with van der Waals surface area (Å²) in [4.78, 5) is 16.8. The summed E-state index contributed by atoms with van der Waals surface area (Å²) < 4.78 is 5.45. The van der Waals surface area contributed by atoms with E-state index in [1.165, 1.54) is 0 Å². The van der Waals surface area contributed by atoms with Gasteiger partial charge in [0.1, 0.15) is 22.1 Å². The van der Waals surface area contributed by atoms with Crippen molar-refractivity contribution in [1.82, 2.24) is 15.6 Å². The Balaban J connectivity index is 1.58. The fourth-order valence-corrected chi connectivity index (χ4v) is 3.52. The van der Waals surface area contributed by atoms with Gasteiger partial charge in [-0.05, 0) is 51.7 Å². The summed E-state index contributed by atoms with van der Waals surface area (Å²) in [5.41, 5.74) is -0.280. The Hall–Kier alpha value is -1.86. The van der Waals surface area contributed by atoms with E-state index in [0.29, 0.717) is 11.7 Å². The van der Waals surface area contributed by atoms with Crippen LogP contribution in [0.15, 0.2) is 21.9 Å². The molecule has 0 radical (unpaired) electrons. The Morgan fingerprint density at radius 1 is 1.50 bits per heavy atom. The smallest absolute Gasteiger partial charge is 0.315 e. The molecule has 0 bridgehead atoms. The monoisotopic (exact) mass is 349 g/mol. The lowest BCUT2D eigenvalue weighted by Gasteiger charge is -2.23. The molecule has 1 fully saturated rings. The number of urea groups is 1. The van der Waals surface area contributed by atoms with Gasteiger partial charge in [0.2, 0.25) is 0 Å². The van der Waals surface area contributed by atoms with Crippen molar-refractivity contribution in [3.8, 4) is 0 Å². The van der Waals surface area contributed by atoms with Gasteiger partial charge in [0.15, 0.2) is 0 Å². The van der Waals surface area contributed by atoms with Crippen LogP contribution in [0.1, 0.15) is 48.0 Å². The zero-order valence-electron chi connectivity index (χ0n) is 14.1. The van der Waals surface area contributed by atoms with Crippen LogP contribution in [0, 0.1) is 19.8 Å². The van der Waals surface area contributed by atoms with Crippen molar-refractivity contribution in [3.63, 3.8) is 0 Å². The lowest BCUT2D eigenvalue weighted by atomic mass is 10.0. The molecule has 24 heavy (non-hydrogen) atoms. The second-order valence-corrected chi connectivity index (χ2v) is 7.54. The Morgan fingerprint density at radius 2 is 2.25 bits per heavy atom. The number of hydrogen-bond donors (Lipinski definition) is 3. The molecule has 2 amide bonds. The van der Waals surface area contributed by atoms with Gasteiger partial charge in [0, 0.05) is 11.1 Å². The van der Waals surface area contributed by atoms with Gasteiger partial charge in [-0.3, -0.25) is 0 Å². The summed E-state index contributed by atoms with van der Waals surface area (Å²) in [6.07, 6.45) is 2.21. The summed E-state index contributed by atoms with van der Waals surface area (Å²) in [6.45, 7) is 5.46. The number of furan rings is 1. The first-order valence-corrected chi connectivity index (χ1v) is 8.99. The van der Waals surface area contributed by atoms with Gasteiger partial charge in [0.05, 0.1) is 12.6 Å². The SMILES string of the molecule is Cc1csc(C(NC(=O)NCC(C)(O)c2ccc(C)o2)C2CC2)n1.